The van der Waals surface area contributed by atoms with E-state index in [1.165, 1.54) is 18.2 Å². The van der Waals surface area contributed by atoms with E-state index in [0.29, 0.717) is 23.3 Å². The number of ether oxygens (including phenoxy) is 1. The van der Waals surface area contributed by atoms with Crippen molar-refractivity contribution in [1.82, 2.24) is 4.90 Å². The summed E-state index contributed by atoms with van der Waals surface area (Å²) < 4.78 is 18.8. The standard InChI is InChI=1S/C14H17BrFNO3/c1-9(18)10-4-5-17(7-10)14(19)8-20-13-3-2-11(16)6-12(13)15/h2-3,6,9-10,18H,4-5,7-8H2,1H3. The highest BCUT2D eigenvalue weighted by molar-refractivity contribution is 9.10. The Morgan fingerprint density at radius 3 is 3.00 bits per heavy atom. The molecular formula is C14H17BrFNO3. The summed E-state index contributed by atoms with van der Waals surface area (Å²) in [4.78, 5) is 13.7. The maximum atomic E-state index is 12.9. The molecule has 1 aromatic carbocycles. The quantitative estimate of drug-likeness (QED) is 0.909. The van der Waals surface area contributed by atoms with Crippen LogP contribution in [0.15, 0.2) is 22.7 Å². The fourth-order valence-corrected chi connectivity index (χ4v) is 2.70. The van der Waals surface area contributed by atoms with Crippen LogP contribution in [0, 0.1) is 11.7 Å². The van der Waals surface area contributed by atoms with Gasteiger partial charge in [0.1, 0.15) is 11.6 Å². The first-order valence-corrected chi connectivity index (χ1v) is 7.30. The highest BCUT2D eigenvalue weighted by Crippen LogP contribution is 2.26. The fraction of sp³-hybridized carbons (Fsp3) is 0.500. The van der Waals surface area contributed by atoms with Gasteiger partial charge in [0.05, 0.1) is 10.6 Å². The predicted molar refractivity (Wildman–Crippen MR) is 76.0 cm³/mol. The Morgan fingerprint density at radius 2 is 2.40 bits per heavy atom. The summed E-state index contributed by atoms with van der Waals surface area (Å²) in [7, 11) is 0. The highest BCUT2D eigenvalue weighted by atomic mass is 79.9. The van der Waals surface area contributed by atoms with Gasteiger partial charge in [-0.15, -0.1) is 0 Å². The molecule has 2 atom stereocenters. The maximum Gasteiger partial charge on any atom is 0.260 e. The third-order valence-corrected chi connectivity index (χ3v) is 4.12. The van der Waals surface area contributed by atoms with Crippen molar-refractivity contribution < 1.29 is 19.0 Å². The number of hydrogen-bond donors (Lipinski definition) is 1. The van der Waals surface area contributed by atoms with Crippen molar-refractivity contribution in [2.24, 2.45) is 5.92 Å². The van der Waals surface area contributed by atoms with Crippen LogP contribution >= 0.6 is 15.9 Å². The number of likely N-dealkylation sites (tertiary alicyclic amines) is 1. The topological polar surface area (TPSA) is 49.8 Å². The van der Waals surface area contributed by atoms with E-state index in [2.05, 4.69) is 15.9 Å². The zero-order valence-corrected chi connectivity index (χ0v) is 12.8. The molecule has 0 saturated carbocycles. The molecule has 1 N–H and O–H groups in total. The smallest absolute Gasteiger partial charge is 0.260 e. The van der Waals surface area contributed by atoms with Gasteiger partial charge in [-0.05, 0) is 47.5 Å². The molecule has 1 saturated heterocycles. The van der Waals surface area contributed by atoms with Crippen LogP contribution in [-0.2, 0) is 4.79 Å². The van der Waals surface area contributed by atoms with Gasteiger partial charge >= 0.3 is 0 Å². The van der Waals surface area contributed by atoms with Crippen LogP contribution in [0.3, 0.4) is 0 Å². The first-order chi connectivity index (χ1) is 9.47. The normalized spacial score (nSPS) is 20.0. The van der Waals surface area contributed by atoms with E-state index < -0.39 is 6.10 Å². The molecule has 20 heavy (non-hydrogen) atoms. The Bertz CT molecular complexity index is 495. The van der Waals surface area contributed by atoms with Gasteiger partial charge in [0.25, 0.3) is 5.91 Å². The van der Waals surface area contributed by atoms with Gasteiger partial charge in [-0.3, -0.25) is 4.79 Å². The number of benzene rings is 1. The second-order valence-corrected chi connectivity index (χ2v) is 5.85. The number of carbonyl (C=O) groups excluding carboxylic acids is 1. The van der Waals surface area contributed by atoms with Gasteiger partial charge in [-0.2, -0.15) is 0 Å². The summed E-state index contributed by atoms with van der Waals surface area (Å²) >= 11 is 3.19. The van der Waals surface area contributed by atoms with Crippen LogP contribution in [0.5, 0.6) is 5.75 Å². The van der Waals surface area contributed by atoms with E-state index in [1.807, 2.05) is 0 Å². The highest BCUT2D eigenvalue weighted by Gasteiger charge is 2.29. The molecule has 1 amide bonds. The molecule has 0 spiro atoms. The number of halogens is 2. The molecule has 4 nitrogen and oxygen atoms in total. The molecule has 110 valence electrons. The minimum Gasteiger partial charge on any atom is -0.483 e. The molecule has 0 bridgehead atoms. The lowest BCUT2D eigenvalue weighted by Crippen LogP contribution is -2.34. The maximum absolute atomic E-state index is 12.9. The molecule has 1 aliphatic rings. The van der Waals surface area contributed by atoms with Crippen molar-refractivity contribution in [3.63, 3.8) is 0 Å². The minimum atomic E-state index is -0.403. The van der Waals surface area contributed by atoms with Crippen LogP contribution in [-0.4, -0.2) is 41.7 Å². The van der Waals surface area contributed by atoms with Gasteiger partial charge < -0.3 is 14.7 Å². The monoisotopic (exact) mass is 345 g/mol. The number of aliphatic hydroxyl groups excluding tert-OH is 1. The number of amides is 1. The molecule has 2 unspecified atom stereocenters. The summed E-state index contributed by atoms with van der Waals surface area (Å²) in [6.07, 6.45) is 0.406. The molecule has 0 radical (unpaired) electrons. The Balaban J connectivity index is 1.86. The molecule has 0 aliphatic carbocycles. The molecule has 1 aromatic rings. The van der Waals surface area contributed by atoms with Gasteiger partial charge in [-0.25, -0.2) is 4.39 Å². The van der Waals surface area contributed by atoms with E-state index in [1.54, 1.807) is 11.8 Å². The van der Waals surface area contributed by atoms with Crippen molar-refractivity contribution in [3.05, 3.63) is 28.5 Å². The van der Waals surface area contributed by atoms with Gasteiger partial charge in [0.15, 0.2) is 6.61 Å². The molecular weight excluding hydrogens is 329 g/mol. The predicted octanol–water partition coefficient (Wildman–Crippen LogP) is 2.20. The van der Waals surface area contributed by atoms with E-state index in [9.17, 15) is 14.3 Å². The number of carbonyl (C=O) groups is 1. The molecule has 2 rings (SSSR count). The second-order valence-electron chi connectivity index (χ2n) is 4.99. The second kappa shape index (κ2) is 6.54. The van der Waals surface area contributed by atoms with Crippen molar-refractivity contribution >= 4 is 21.8 Å². The number of rotatable bonds is 4. The average molecular weight is 346 g/mol. The molecule has 1 fully saturated rings. The Morgan fingerprint density at radius 1 is 1.65 bits per heavy atom. The average Bonchev–Trinajstić information content (AvgIpc) is 2.87. The number of aliphatic hydroxyl groups is 1. The van der Waals surface area contributed by atoms with Gasteiger partial charge in [-0.1, -0.05) is 0 Å². The summed E-state index contributed by atoms with van der Waals surface area (Å²) in [6.45, 7) is 2.86. The Kier molecular flexibility index (Phi) is 4.99. The molecule has 1 aliphatic heterocycles. The molecule has 1 heterocycles. The lowest BCUT2D eigenvalue weighted by molar-refractivity contribution is -0.132. The van der Waals surface area contributed by atoms with Crippen molar-refractivity contribution in [3.8, 4) is 5.75 Å². The number of hydrogen-bond acceptors (Lipinski definition) is 3. The van der Waals surface area contributed by atoms with E-state index in [0.717, 1.165) is 6.42 Å². The largest absolute Gasteiger partial charge is 0.483 e. The van der Waals surface area contributed by atoms with Gasteiger partial charge in [0, 0.05) is 19.0 Å². The van der Waals surface area contributed by atoms with Crippen molar-refractivity contribution in [1.29, 1.82) is 0 Å². The molecule has 6 heteroatoms. The summed E-state index contributed by atoms with van der Waals surface area (Å²) in [5, 5.41) is 9.51. The first-order valence-electron chi connectivity index (χ1n) is 6.51. The minimum absolute atomic E-state index is 0.0865. The Hall–Kier alpha value is -1.14. The van der Waals surface area contributed by atoms with Gasteiger partial charge in [0.2, 0.25) is 0 Å². The van der Waals surface area contributed by atoms with Crippen LogP contribution < -0.4 is 4.74 Å². The first kappa shape index (κ1) is 15.3. The fourth-order valence-electron chi connectivity index (χ4n) is 2.23. The number of nitrogens with zero attached hydrogens (tertiary/aromatic N) is 1. The van der Waals surface area contributed by atoms with Crippen molar-refractivity contribution in [2.45, 2.75) is 19.4 Å². The summed E-state index contributed by atoms with van der Waals surface area (Å²) in [5.74, 6) is 0.0850. The summed E-state index contributed by atoms with van der Waals surface area (Å²) in [6, 6.07) is 4.05. The van der Waals surface area contributed by atoms with Crippen LogP contribution in [0.1, 0.15) is 13.3 Å². The summed E-state index contributed by atoms with van der Waals surface area (Å²) in [5.41, 5.74) is 0. The van der Waals surface area contributed by atoms with Crippen LogP contribution in [0.4, 0.5) is 4.39 Å². The van der Waals surface area contributed by atoms with E-state index in [-0.39, 0.29) is 24.2 Å². The molecule has 0 aromatic heterocycles. The SMILES string of the molecule is CC(O)C1CCN(C(=O)COc2ccc(F)cc2Br)C1. The third kappa shape index (κ3) is 3.70. The van der Waals surface area contributed by atoms with Crippen LogP contribution in [0.2, 0.25) is 0 Å². The van der Waals surface area contributed by atoms with Crippen molar-refractivity contribution in [2.75, 3.05) is 19.7 Å². The Labute approximate surface area is 125 Å². The van der Waals surface area contributed by atoms with E-state index >= 15 is 0 Å². The lowest BCUT2D eigenvalue weighted by atomic mass is 10.0. The zero-order valence-electron chi connectivity index (χ0n) is 11.2. The van der Waals surface area contributed by atoms with E-state index in [4.69, 9.17) is 4.74 Å². The zero-order chi connectivity index (χ0) is 14.7. The lowest BCUT2D eigenvalue weighted by Gasteiger charge is -2.18. The third-order valence-electron chi connectivity index (χ3n) is 3.50. The van der Waals surface area contributed by atoms with Crippen LogP contribution in [0.25, 0.3) is 0 Å².